The third-order valence-corrected chi connectivity index (χ3v) is 8.96. The lowest BCUT2D eigenvalue weighted by atomic mass is 9.38. The molecule has 3 atom stereocenters. The van der Waals surface area contributed by atoms with Gasteiger partial charge in [-0.05, 0) is 36.5 Å². The standard InChI is InChI=1S/C24H51B3FN/c1-17(24(26,27)19(3,4)5)15-18(2)29-16-22(10,11)20(6,7)13-14-21(8,9)23(12,25)28/h13-14,17-18,29H,15-16,25-27H2,1-12H3/b14-13+. The second kappa shape index (κ2) is 9.13. The van der Waals surface area contributed by atoms with Gasteiger partial charge in [0.2, 0.25) is 0 Å². The SMILES string of the molecule is BC(C)(F)C(C)(C)/C=C/C(C)(C)C(C)(C)CNC(C)CC(C)C(B)(B)C(C)(C)C. The monoisotopic (exact) mass is 405 g/mol. The molecule has 29 heavy (non-hydrogen) atoms. The molecule has 0 fully saturated rings. The fourth-order valence-corrected chi connectivity index (χ4v) is 3.15. The highest BCUT2D eigenvalue weighted by Crippen LogP contribution is 2.47. The van der Waals surface area contributed by atoms with Crippen LogP contribution in [-0.4, -0.2) is 41.7 Å². The number of allylic oxidation sites excluding steroid dienone is 2. The molecule has 0 rings (SSSR count). The second-order valence-electron chi connectivity index (χ2n) is 13.5. The third kappa shape index (κ3) is 7.48. The average Bonchev–Trinajstić information content (AvgIpc) is 2.48. The minimum Gasteiger partial charge on any atom is -0.314 e. The van der Waals surface area contributed by atoms with Gasteiger partial charge in [0.15, 0.2) is 7.85 Å². The lowest BCUT2D eigenvalue weighted by Crippen LogP contribution is -2.45. The normalized spacial score (nSPS) is 19.2. The molecular formula is C24H51B3FN. The average molecular weight is 405 g/mol. The van der Waals surface area contributed by atoms with Crippen molar-refractivity contribution in [3.63, 3.8) is 0 Å². The molecular weight excluding hydrogens is 354 g/mol. The summed E-state index contributed by atoms with van der Waals surface area (Å²) in [6, 6.07) is 0.465. The number of nitrogens with one attached hydrogen (secondary N) is 1. The molecule has 0 aliphatic carbocycles. The summed E-state index contributed by atoms with van der Waals surface area (Å²) in [5, 5.41) is 4.09. The maximum absolute atomic E-state index is 14.5. The van der Waals surface area contributed by atoms with Crippen molar-refractivity contribution in [2.75, 3.05) is 6.54 Å². The Labute approximate surface area is 186 Å². The third-order valence-electron chi connectivity index (χ3n) is 8.96. The summed E-state index contributed by atoms with van der Waals surface area (Å²) in [4.78, 5) is 0. The van der Waals surface area contributed by atoms with E-state index in [1.54, 1.807) is 14.8 Å². The molecule has 0 bridgehead atoms. The summed E-state index contributed by atoms with van der Waals surface area (Å²) in [6.45, 7) is 27.5. The van der Waals surface area contributed by atoms with E-state index >= 15 is 0 Å². The van der Waals surface area contributed by atoms with Gasteiger partial charge in [0, 0.05) is 18.0 Å². The molecule has 3 unspecified atom stereocenters. The van der Waals surface area contributed by atoms with Crippen LogP contribution in [0.1, 0.15) is 89.5 Å². The van der Waals surface area contributed by atoms with Crippen LogP contribution in [0.25, 0.3) is 0 Å². The molecule has 1 nitrogen and oxygen atoms in total. The molecule has 0 aromatic rings. The molecule has 5 heteroatoms. The zero-order valence-corrected chi connectivity index (χ0v) is 22.6. The topological polar surface area (TPSA) is 12.0 Å². The number of hydrogen-bond donors (Lipinski definition) is 1. The maximum Gasteiger partial charge on any atom is 0.151 e. The summed E-state index contributed by atoms with van der Waals surface area (Å²) >= 11 is 0. The molecule has 168 valence electrons. The van der Waals surface area contributed by atoms with E-state index in [1.165, 1.54) is 6.42 Å². The molecule has 0 aliphatic heterocycles. The van der Waals surface area contributed by atoms with Crippen molar-refractivity contribution in [1.29, 1.82) is 0 Å². The predicted molar refractivity (Wildman–Crippen MR) is 139 cm³/mol. The quantitative estimate of drug-likeness (QED) is 0.421. The van der Waals surface area contributed by atoms with Crippen molar-refractivity contribution in [1.82, 2.24) is 5.32 Å². The van der Waals surface area contributed by atoms with Gasteiger partial charge in [-0.25, -0.2) is 0 Å². The van der Waals surface area contributed by atoms with Crippen molar-refractivity contribution < 1.29 is 4.39 Å². The Morgan fingerprint density at radius 1 is 0.793 bits per heavy atom. The van der Waals surface area contributed by atoms with Gasteiger partial charge in [-0.1, -0.05) is 92.5 Å². The molecule has 0 aliphatic rings. The van der Waals surface area contributed by atoms with Gasteiger partial charge in [-0.2, -0.15) is 0 Å². The van der Waals surface area contributed by atoms with Gasteiger partial charge in [0.1, 0.15) is 15.7 Å². The van der Waals surface area contributed by atoms with Crippen LogP contribution in [0.5, 0.6) is 0 Å². The number of halogens is 1. The van der Waals surface area contributed by atoms with Gasteiger partial charge in [-0.15, -0.1) is 0 Å². The van der Waals surface area contributed by atoms with Crippen LogP contribution >= 0.6 is 0 Å². The van der Waals surface area contributed by atoms with Crippen LogP contribution in [0.3, 0.4) is 0 Å². The van der Waals surface area contributed by atoms with Crippen LogP contribution in [0.15, 0.2) is 12.2 Å². The first-order valence-electron chi connectivity index (χ1n) is 11.6. The van der Waals surface area contributed by atoms with Crippen molar-refractivity contribution in [3.8, 4) is 0 Å². The Balaban J connectivity index is 5.10. The number of alkyl halides is 1. The molecule has 1 N–H and O–H groups in total. The molecule has 0 heterocycles. The smallest absolute Gasteiger partial charge is 0.151 e. The molecule has 0 saturated heterocycles. The lowest BCUT2D eigenvalue weighted by Gasteiger charge is -2.46. The molecule has 0 spiro atoms. The molecule has 0 saturated carbocycles. The first-order valence-corrected chi connectivity index (χ1v) is 11.6. The highest BCUT2D eigenvalue weighted by atomic mass is 19.1. The van der Waals surface area contributed by atoms with Crippen molar-refractivity contribution >= 4 is 23.5 Å². The number of hydrogen-bond acceptors (Lipinski definition) is 1. The lowest BCUT2D eigenvalue weighted by molar-refractivity contribution is 0.140. The molecule has 0 aromatic carbocycles. The zero-order valence-electron chi connectivity index (χ0n) is 22.6. The molecule has 0 amide bonds. The Morgan fingerprint density at radius 3 is 1.59 bits per heavy atom. The van der Waals surface area contributed by atoms with Crippen LogP contribution < -0.4 is 5.32 Å². The van der Waals surface area contributed by atoms with Crippen LogP contribution in [0.2, 0.25) is 5.21 Å². The first-order chi connectivity index (χ1) is 12.5. The summed E-state index contributed by atoms with van der Waals surface area (Å²) in [7, 11) is 6.46. The Kier molecular flexibility index (Phi) is 9.08. The van der Waals surface area contributed by atoms with E-state index in [1.807, 2.05) is 13.8 Å². The summed E-state index contributed by atoms with van der Waals surface area (Å²) in [5.41, 5.74) is -1.44. The Morgan fingerprint density at radius 2 is 1.21 bits per heavy atom. The fourth-order valence-electron chi connectivity index (χ4n) is 3.15. The van der Waals surface area contributed by atoms with Gasteiger partial charge in [0.05, 0.1) is 5.57 Å². The Hall–Kier alpha value is -0.175. The Bertz CT molecular complexity index is 551. The predicted octanol–water partition coefficient (Wildman–Crippen LogP) is 4.37. The zero-order chi connectivity index (χ0) is 23.7. The van der Waals surface area contributed by atoms with E-state index in [0.717, 1.165) is 6.54 Å². The highest BCUT2D eigenvalue weighted by molar-refractivity contribution is 6.40. The minimum absolute atomic E-state index is 0.0431. The molecule has 0 radical (unpaired) electrons. The van der Waals surface area contributed by atoms with Crippen LogP contribution in [-0.2, 0) is 0 Å². The highest BCUT2D eigenvalue weighted by Gasteiger charge is 2.40. The van der Waals surface area contributed by atoms with Crippen LogP contribution in [0, 0.1) is 27.6 Å². The summed E-state index contributed by atoms with van der Waals surface area (Å²) < 4.78 is 14.5. The van der Waals surface area contributed by atoms with Crippen molar-refractivity contribution in [2.45, 2.75) is 106 Å². The maximum atomic E-state index is 14.5. The van der Waals surface area contributed by atoms with Gasteiger partial charge in [-0.3, -0.25) is 4.39 Å². The summed E-state index contributed by atoms with van der Waals surface area (Å²) in [6.07, 6.45) is 5.47. The van der Waals surface area contributed by atoms with E-state index in [9.17, 15) is 4.39 Å². The van der Waals surface area contributed by atoms with Gasteiger partial charge >= 0.3 is 0 Å². The molecule has 0 aromatic heterocycles. The largest absolute Gasteiger partial charge is 0.314 e. The van der Waals surface area contributed by atoms with E-state index in [2.05, 4.69) is 95.5 Å². The number of rotatable bonds is 10. The van der Waals surface area contributed by atoms with E-state index < -0.39 is 11.0 Å². The summed E-state index contributed by atoms with van der Waals surface area (Å²) in [5.74, 6) is 0.633. The van der Waals surface area contributed by atoms with E-state index in [0.29, 0.717) is 12.0 Å². The van der Waals surface area contributed by atoms with Gasteiger partial charge in [0.25, 0.3) is 0 Å². The van der Waals surface area contributed by atoms with E-state index in [4.69, 9.17) is 0 Å². The fraction of sp³-hybridized carbons (Fsp3) is 0.917. The van der Waals surface area contributed by atoms with E-state index in [-0.39, 0.29) is 21.5 Å². The van der Waals surface area contributed by atoms with Crippen LogP contribution in [0.4, 0.5) is 4.39 Å². The second-order valence-corrected chi connectivity index (χ2v) is 13.5. The van der Waals surface area contributed by atoms with Crippen molar-refractivity contribution in [2.24, 2.45) is 27.6 Å². The van der Waals surface area contributed by atoms with Crippen molar-refractivity contribution in [3.05, 3.63) is 12.2 Å². The first kappa shape index (κ1) is 28.8. The minimum atomic E-state index is -1.24. The van der Waals surface area contributed by atoms with Gasteiger partial charge < -0.3 is 5.32 Å².